The fourth-order valence-corrected chi connectivity index (χ4v) is 2.67. The van der Waals surface area contributed by atoms with Crippen LogP contribution < -0.4 is 0 Å². The molecule has 0 aliphatic heterocycles. The summed E-state index contributed by atoms with van der Waals surface area (Å²) in [5, 5.41) is 1.12. The largest absolute Gasteiger partial charge is 0.244 e. The van der Waals surface area contributed by atoms with Crippen LogP contribution in [0.3, 0.4) is 0 Å². The van der Waals surface area contributed by atoms with Gasteiger partial charge in [-0.3, -0.25) is 0 Å². The molecule has 0 saturated carbocycles. The molecule has 1 heterocycles. The van der Waals surface area contributed by atoms with Gasteiger partial charge in [0.15, 0.2) is 0 Å². The van der Waals surface area contributed by atoms with E-state index in [9.17, 15) is 0 Å². The summed E-state index contributed by atoms with van der Waals surface area (Å²) in [4.78, 5) is 8.50. The van der Waals surface area contributed by atoms with Crippen molar-refractivity contribution in [2.75, 3.05) is 0 Å². The first kappa shape index (κ1) is 8.88. The van der Waals surface area contributed by atoms with Gasteiger partial charge in [0.05, 0.1) is 5.52 Å². The van der Waals surface area contributed by atoms with Crippen molar-refractivity contribution in [1.82, 2.24) is 9.97 Å². The Bertz CT molecular complexity index is 732. The highest BCUT2D eigenvalue weighted by atomic mass is 14.8. The Kier molecular flexibility index (Phi) is 1.64. The molecular formula is C15H10N2. The molecule has 0 spiro atoms. The number of rotatable bonds is 0. The van der Waals surface area contributed by atoms with Crippen molar-refractivity contribution in [1.29, 1.82) is 0 Å². The van der Waals surface area contributed by atoms with Gasteiger partial charge >= 0.3 is 0 Å². The molecule has 2 heteroatoms. The molecule has 80 valence electrons. The number of aromatic nitrogens is 2. The zero-order valence-corrected chi connectivity index (χ0v) is 9.22. The minimum absolute atomic E-state index is 0.986. The van der Waals surface area contributed by atoms with Gasteiger partial charge in [-0.2, -0.15) is 0 Å². The van der Waals surface area contributed by atoms with Crippen LogP contribution in [0.5, 0.6) is 0 Å². The molecule has 0 fully saturated rings. The Morgan fingerprint density at radius 1 is 0.941 bits per heavy atom. The highest BCUT2D eigenvalue weighted by molar-refractivity contribution is 5.92. The Morgan fingerprint density at radius 2 is 1.88 bits per heavy atom. The van der Waals surface area contributed by atoms with Crippen molar-refractivity contribution in [2.45, 2.75) is 6.42 Å². The number of fused-ring (bicyclic) bond motifs is 5. The molecule has 1 aliphatic carbocycles. The van der Waals surface area contributed by atoms with Crippen LogP contribution in [0.2, 0.25) is 0 Å². The summed E-state index contributed by atoms with van der Waals surface area (Å²) < 4.78 is 0. The first-order valence-electron chi connectivity index (χ1n) is 5.73. The van der Waals surface area contributed by atoms with E-state index in [1.165, 1.54) is 22.3 Å². The van der Waals surface area contributed by atoms with E-state index in [1.807, 2.05) is 6.20 Å². The Balaban J connectivity index is 2.11. The zero-order valence-electron chi connectivity index (χ0n) is 9.22. The lowest BCUT2D eigenvalue weighted by Gasteiger charge is -2.03. The number of hydrogen-bond acceptors (Lipinski definition) is 2. The fourth-order valence-electron chi connectivity index (χ4n) is 2.67. The normalized spacial score (nSPS) is 12.5. The lowest BCUT2D eigenvalue weighted by atomic mass is 10.0. The van der Waals surface area contributed by atoms with Gasteiger partial charge < -0.3 is 0 Å². The molecule has 0 radical (unpaired) electrons. The molecule has 0 atom stereocenters. The standard InChI is InChI=1S/C15H10N2/c1-2-4-12-10(3-1)7-14-13(12)6-5-11-8-16-9-17-15(11)14/h1-6,8-9H,7H2. The van der Waals surface area contributed by atoms with Crippen LogP contribution >= 0.6 is 0 Å². The van der Waals surface area contributed by atoms with Crippen LogP contribution in [-0.4, -0.2) is 9.97 Å². The molecule has 0 amide bonds. The SMILES string of the molecule is c1ccc2c(c1)Cc1c-2ccc2cncnc12. The molecule has 0 unspecified atom stereocenters. The van der Waals surface area contributed by atoms with Crippen LogP contribution in [0.25, 0.3) is 22.0 Å². The smallest absolute Gasteiger partial charge is 0.116 e. The lowest BCUT2D eigenvalue weighted by Crippen LogP contribution is -1.88. The van der Waals surface area contributed by atoms with Gasteiger partial charge in [-0.05, 0) is 22.3 Å². The minimum atomic E-state index is 0.986. The Morgan fingerprint density at radius 3 is 2.88 bits per heavy atom. The third kappa shape index (κ3) is 1.15. The summed E-state index contributed by atoms with van der Waals surface area (Å²) >= 11 is 0. The summed E-state index contributed by atoms with van der Waals surface area (Å²) in [6.45, 7) is 0. The second-order valence-electron chi connectivity index (χ2n) is 4.39. The molecule has 17 heavy (non-hydrogen) atoms. The molecule has 0 N–H and O–H groups in total. The summed E-state index contributed by atoms with van der Waals surface area (Å²) in [5.74, 6) is 0. The van der Waals surface area contributed by atoms with E-state index >= 15 is 0 Å². The monoisotopic (exact) mass is 218 g/mol. The maximum atomic E-state index is 4.42. The van der Waals surface area contributed by atoms with Gasteiger partial charge in [0.25, 0.3) is 0 Å². The molecule has 2 aromatic carbocycles. The third-order valence-electron chi connectivity index (χ3n) is 3.46. The minimum Gasteiger partial charge on any atom is -0.244 e. The van der Waals surface area contributed by atoms with Crippen molar-refractivity contribution in [3.05, 3.63) is 60.0 Å². The quantitative estimate of drug-likeness (QED) is 0.453. The van der Waals surface area contributed by atoms with Gasteiger partial charge in [-0.1, -0.05) is 36.4 Å². The van der Waals surface area contributed by atoms with E-state index in [0.717, 1.165) is 17.3 Å². The van der Waals surface area contributed by atoms with E-state index in [4.69, 9.17) is 0 Å². The van der Waals surface area contributed by atoms with Gasteiger partial charge in [-0.25, -0.2) is 9.97 Å². The predicted molar refractivity (Wildman–Crippen MR) is 67.8 cm³/mol. The molecule has 0 bridgehead atoms. The van der Waals surface area contributed by atoms with Crippen LogP contribution in [0.15, 0.2) is 48.9 Å². The number of nitrogens with zero attached hydrogens (tertiary/aromatic N) is 2. The van der Waals surface area contributed by atoms with Crippen LogP contribution in [0.4, 0.5) is 0 Å². The van der Waals surface area contributed by atoms with Gasteiger partial charge in [0, 0.05) is 18.0 Å². The predicted octanol–water partition coefficient (Wildman–Crippen LogP) is 3.20. The third-order valence-corrected chi connectivity index (χ3v) is 3.46. The lowest BCUT2D eigenvalue weighted by molar-refractivity contribution is 1.19. The summed E-state index contributed by atoms with van der Waals surface area (Å²) in [5.41, 5.74) is 6.50. The fraction of sp³-hybridized carbons (Fsp3) is 0.0667. The summed E-state index contributed by atoms with van der Waals surface area (Å²) in [6.07, 6.45) is 4.50. The van der Waals surface area contributed by atoms with Gasteiger partial charge in [0.1, 0.15) is 6.33 Å². The van der Waals surface area contributed by atoms with E-state index < -0.39 is 0 Å². The maximum absolute atomic E-state index is 4.42. The second kappa shape index (κ2) is 3.14. The molecule has 1 aromatic heterocycles. The summed E-state index contributed by atoms with van der Waals surface area (Å²) in [6, 6.07) is 12.9. The molecule has 2 nitrogen and oxygen atoms in total. The van der Waals surface area contributed by atoms with Crippen molar-refractivity contribution >= 4 is 10.9 Å². The number of hydrogen-bond donors (Lipinski definition) is 0. The summed E-state index contributed by atoms with van der Waals surface area (Å²) in [7, 11) is 0. The van der Waals surface area contributed by atoms with E-state index in [-0.39, 0.29) is 0 Å². The molecular weight excluding hydrogens is 208 g/mol. The van der Waals surface area contributed by atoms with Crippen LogP contribution in [0.1, 0.15) is 11.1 Å². The number of benzene rings is 2. The second-order valence-corrected chi connectivity index (χ2v) is 4.39. The molecule has 4 rings (SSSR count). The average Bonchev–Trinajstić information content (AvgIpc) is 2.78. The molecule has 0 saturated heterocycles. The van der Waals surface area contributed by atoms with Crippen LogP contribution in [0, 0.1) is 0 Å². The van der Waals surface area contributed by atoms with Crippen molar-refractivity contribution in [2.24, 2.45) is 0 Å². The van der Waals surface area contributed by atoms with E-state index in [2.05, 4.69) is 46.4 Å². The highest BCUT2D eigenvalue weighted by Gasteiger charge is 2.20. The van der Waals surface area contributed by atoms with E-state index in [1.54, 1.807) is 6.33 Å². The van der Waals surface area contributed by atoms with Gasteiger partial charge in [-0.15, -0.1) is 0 Å². The Labute approximate surface area is 99.0 Å². The molecule has 3 aromatic rings. The van der Waals surface area contributed by atoms with Crippen molar-refractivity contribution < 1.29 is 0 Å². The van der Waals surface area contributed by atoms with Gasteiger partial charge in [0.2, 0.25) is 0 Å². The zero-order chi connectivity index (χ0) is 11.2. The van der Waals surface area contributed by atoms with E-state index in [0.29, 0.717) is 0 Å². The Hall–Kier alpha value is -2.22. The first-order valence-corrected chi connectivity index (χ1v) is 5.73. The van der Waals surface area contributed by atoms with Crippen molar-refractivity contribution in [3.63, 3.8) is 0 Å². The van der Waals surface area contributed by atoms with Crippen molar-refractivity contribution in [3.8, 4) is 11.1 Å². The topological polar surface area (TPSA) is 25.8 Å². The molecule has 1 aliphatic rings. The average molecular weight is 218 g/mol. The first-order chi connectivity index (χ1) is 8.43. The highest BCUT2D eigenvalue weighted by Crippen LogP contribution is 2.39. The maximum Gasteiger partial charge on any atom is 0.116 e. The van der Waals surface area contributed by atoms with Crippen LogP contribution in [-0.2, 0) is 6.42 Å².